The third-order valence-electron chi connectivity index (χ3n) is 3.98. The van der Waals surface area contributed by atoms with E-state index in [-0.39, 0.29) is 11.4 Å². The second-order valence-corrected chi connectivity index (χ2v) is 5.60. The molecule has 1 aliphatic carbocycles. The van der Waals surface area contributed by atoms with Gasteiger partial charge in [-0.05, 0) is 31.2 Å². The predicted molar refractivity (Wildman–Crippen MR) is 76.6 cm³/mol. The number of nitrogen functional groups attached to an aromatic ring is 1. The van der Waals surface area contributed by atoms with Crippen LogP contribution in [0.2, 0.25) is 0 Å². The number of rotatable bonds is 3. The second-order valence-electron chi connectivity index (χ2n) is 5.60. The average molecular weight is 288 g/mol. The molecule has 7 nitrogen and oxygen atoms in total. The fourth-order valence-electron chi connectivity index (χ4n) is 2.81. The SMILES string of the molecule is CC1CCC(c2noc(-c3ccc([N+](=O)[O-])cc3N)n2)C1. The van der Waals surface area contributed by atoms with Crippen molar-refractivity contribution in [1.29, 1.82) is 0 Å². The Morgan fingerprint density at radius 2 is 2.24 bits per heavy atom. The van der Waals surface area contributed by atoms with Crippen molar-refractivity contribution in [2.24, 2.45) is 5.92 Å². The molecular weight excluding hydrogens is 272 g/mol. The van der Waals surface area contributed by atoms with Crippen LogP contribution < -0.4 is 5.73 Å². The smallest absolute Gasteiger partial charge is 0.271 e. The number of benzene rings is 1. The summed E-state index contributed by atoms with van der Waals surface area (Å²) in [5.74, 6) is 2.03. The average Bonchev–Trinajstić information content (AvgIpc) is 3.07. The normalized spacial score (nSPS) is 21.6. The number of nitrogens with zero attached hydrogens (tertiary/aromatic N) is 3. The molecule has 1 heterocycles. The molecule has 7 heteroatoms. The highest BCUT2D eigenvalue weighted by molar-refractivity contribution is 5.72. The molecule has 110 valence electrons. The zero-order valence-corrected chi connectivity index (χ0v) is 11.7. The first kappa shape index (κ1) is 13.5. The van der Waals surface area contributed by atoms with E-state index in [1.807, 2.05) is 0 Å². The maximum absolute atomic E-state index is 10.7. The van der Waals surface area contributed by atoms with Gasteiger partial charge in [0.25, 0.3) is 11.6 Å². The van der Waals surface area contributed by atoms with E-state index >= 15 is 0 Å². The Bertz CT molecular complexity index is 683. The summed E-state index contributed by atoms with van der Waals surface area (Å²) in [5.41, 5.74) is 6.58. The van der Waals surface area contributed by atoms with E-state index in [2.05, 4.69) is 17.1 Å². The summed E-state index contributed by atoms with van der Waals surface area (Å²) in [7, 11) is 0. The number of hydrogen-bond donors (Lipinski definition) is 1. The molecule has 2 N–H and O–H groups in total. The molecule has 1 fully saturated rings. The van der Waals surface area contributed by atoms with Crippen molar-refractivity contribution in [3.8, 4) is 11.5 Å². The van der Waals surface area contributed by atoms with Crippen LogP contribution in [0.25, 0.3) is 11.5 Å². The van der Waals surface area contributed by atoms with Crippen molar-refractivity contribution in [3.05, 3.63) is 34.1 Å². The Balaban J connectivity index is 1.88. The van der Waals surface area contributed by atoms with Crippen molar-refractivity contribution in [2.75, 3.05) is 5.73 Å². The minimum absolute atomic E-state index is 0.0550. The van der Waals surface area contributed by atoms with Crippen LogP contribution in [0.5, 0.6) is 0 Å². The van der Waals surface area contributed by atoms with E-state index in [0.29, 0.717) is 29.1 Å². The monoisotopic (exact) mass is 288 g/mol. The lowest BCUT2D eigenvalue weighted by Crippen LogP contribution is -1.97. The molecule has 0 spiro atoms. The molecule has 0 amide bonds. The van der Waals surface area contributed by atoms with Crippen LogP contribution in [0.4, 0.5) is 11.4 Å². The Kier molecular flexibility index (Phi) is 3.32. The Labute approximate surface area is 121 Å². The van der Waals surface area contributed by atoms with Gasteiger partial charge in [0, 0.05) is 18.1 Å². The topological polar surface area (TPSA) is 108 Å². The number of hydrogen-bond acceptors (Lipinski definition) is 6. The van der Waals surface area contributed by atoms with E-state index < -0.39 is 4.92 Å². The van der Waals surface area contributed by atoms with Crippen LogP contribution >= 0.6 is 0 Å². The Morgan fingerprint density at radius 1 is 1.43 bits per heavy atom. The molecule has 0 aliphatic heterocycles. The first-order valence-electron chi connectivity index (χ1n) is 6.92. The molecule has 3 rings (SSSR count). The largest absolute Gasteiger partial charge is 0.398 e. The third kappa shape index (κ3) is 2.58. The van der Waals surface area contributed by atoms with Crippen LogP contribution in [0.1, 0.15) is 37.9 Å². The highest BCUT2D eigenvalue weighted by Gasteiger charge is 2.27. The summed E-state index contributed by atoms with van der Waals surface area (Å²) in [5, 5.41) is 14.7. The van der Waals surface area contributed by atoms with Crippen molar-refractivity contribution < 1.29 is 9.45 Å². The molecule has 1 aliphatic rings. The fraction of sp³-hybridized carbons (Fsp3) is 0.429. The fourth-order valence-corrected chi connectivity index (χ4v) is 2.81. The minimum Gasteiger partial charge on any atom is -0.398 e. The number of non-ortho nitro benzene ring substituents is 1. The van der Waals surface area contributed by atoms with E-state index in [0.717, 1.165) is 12.8 Å². The van der Waals surface area contributed by atoms with Gasteiger partial charge in [-0.1, -0.05) is 12.1 Å². The zero-order chi connectivity index (χ0) is 15.0. The van der Waals surface area contributed by atoms with Crippen LogP contribution in [0.15, 0.2) is 22.7 Å². The van der Waals surface area contributed by atoms with Gasteiger partial charge in [0.05, 0.1) is 16.2 Å². The Hall–Kier alpha value is -2.44. The van der Waals surface area contributed by atoms with Crippen LogP contribution in [-0.2, 0) is 0 Å². The van der Waals surface area contributed by atoms with E-state index in [9.17, 15) is 10.1 Å². The molecule has 1 aromatic heterocycles. The highest BCUT2D eigenvalue weighted by atomic mass is 16.6. The van der Waals surface area contributed by atoms with Crippen molar-refractivity contribution in [2.45, 2.75) is 32.1 Å². The number of nitro groups is 1. The van der Waals surface area contributed by atoms with Gasteiger partial charge in [-0.3, -0.25) is 10.1 Å². The highest BCUT2D eigenvalue weighted by Crippen LogP contribution is 2.37. The molecule has 1 aromatic carbocycles. The van der Waals surface area contributed by atoms with Gasteiger partial charge in [0.15, 0.2) is 5.82 Å². The Morgan fingerprint density at radius 3 is 2.86 bits per heavy atom. The van der Waals surface area contributed by atoms with Crippen LogP contribution in [0.3, 0.4) is 0 Å². The number of anilines is 1. The van der Waals surface area contributed by atoms with E-state index in [1.165, 1.54) is 18.6 Å². The number of aromatic nitrogens is 2. The molecule has 0 radical (unpaired) electrons. The first-order chi connectivity index (χ1) is 10.0. The van der Waals surface area contributed by atoms with Gasteiger partial charge >= 0.3 is 0 Å². The van der Waals surface area contributed by atoms with Gasteiger partial charge in [0.2, 0.25) is 0 Å². The third-order valence-corrected chi connectivity index (χ3v) is 3.98. The summed E-state index contributed by atoms with van der Waals surface area (Å²) < 4.78 is 5.27. The van der Waals surface area contributed by atoms with Gasteiger partial charge in [-0.2, -0.15) is 4.98 Å². The zero-order valence-electron chi connectivity index (χ0n) is 11.7. The minimum atomic E-state index is -0.487. The lowest BCUT2D eigenvalue weighted by molar-refractivity contribution is -0.384. The summed E-state index contributed by atoms with van der Waals surface area (Å²) in [6.45, 7) is 2.22. The maximum atomic E-state index is 10.7. The summed E-state index contributed by atoms with van der Waals surface area (Å²) >= 11 is 0. The van der Waals surface area contributed by atoms with Crippen LogP contribution in [-0.4, -0.2) is 15.1 Å². The molecule has 2 unspecified atom stereocenters. The molecule has 2 aromatic rings. The maximum Gasteiger partial charge on any atom is 0.271 e. The summed E-state index contributed by atoms with van der Waals surface area (Å²) in [6.07, 6.45) is 3.30. The number of nitrogens with two attached hydrogens (primary N) is 1. The van der Waals surface area contributed by atoms with Gasteiger partial charge in [0.1, 0.15) is 0 Å². The summed E-state index contributed by atoms with van der Waals surface area (Å²) in [6, 6.07) is 4.23. The molecule has 2 atom stereocenters. The molecule has 0 saturated heterocycles. The predicted octanol–water partition coefficient (Wildman–Crippen LogP) is 3.13. The lowest BCUT2D eigenvalue weighted by atomic mass is 10.1. The van der Waals surface area contributed by atoms with Gasteiger partial charge in [-0.15, -0.1) is 0 Å². The molecule has 21 heavy (non-hydrogen) atoms. The standard InChI is InChI=1S/C14H16N4O3/c1-8-2-3-9(6-8)13-16-14(21-17-13)11-5-4-10(18(19)20)7-12(11)15/h4-5,7-9H,2-3,6,15H2,1H3. The summed E-state index contributed by atoms with van der Waals surface area (Å²) in [4.78, 5) is 14.6. The quantitative estimate of drug-likeness (QED) is 0.528. The van der Waals surface area contributed by atoms with Crippen LogP contribution in [0, 0.1) is 16.0 Å². The van der Waals surface area contributed by atoms with Crippen molar-refractivity contribution in [3.63, 3.8) is 0 Å². The van der Waals surface area contributed by atoms with Crippen molar-refractivity contribution >= 4 is 11.4 Å². The molecule has 1 saturated carbocycles. The van der Waals surface area contributed by atoms with E-state index in [1.54, 1.807) is 6.07 Å². The molecule has 0 bridgehead atoms. The lowest BCUT2D eigenvalue weighted by Gasteiger charge is -2.02. The van der Waals surface area contributed by atoms with E-state index in [4.69, 9.17) is 10.3 Å². The van der Waals surface area contributed by atoms with Gasteiger partial charge < -0.3 is 10.3 Å². The molecular formula is C14H16N4O3. The number of nitro benzene ring substituents is 1. The van der Waals surface area contributed by atoms with Gasteiger partial charge in [-0.25, -0.2) is 0 Å². The van der Waals surface area contributed by atoms with Crippen molar-refractivity contribution in [1.82, 2.24) is 10.1 Å². The second kappa shape index (κ2) is 5.16. The first-order valence-corrected chi connectivity index (χ1v) is 6.92.